The fraction of sp³-hybridized carbons (Fsp3) is 0.500. The van der Waals surface area contributed by atoms with Gasteiger partial charge in [0.1, 0.15) is 5.82 Å². The van der Waals surface area contributed by atoms with Gasteiger partial charge in [0.25, 0.3) is 0 Å². The van der Waals surface area contributed by atoms with Crippen LogP contribution in [0.3, 0.4) is 0 Å². The van der Waals surface area contributed by atoms with Crippen LogP contribution in [0.2, 0.25) is 0 Å². The molecule has 1 aliphatic rings. The molecule has 0 amide bonds. The van der Waals surface area contributed by atoms with Crippen molar-refractivity contribution in [2.45, 2.75) is 30.5 Å². The Hall–Kier alpha value is -1.99. The number of hydrogen-bond acceptors (Lipinski definition) is 6. The standard InChI is InChI=1S/C20H28N4O2S/c1-5-12-27-20-22-21-19(23(20)2)16-9-7-11-24(14-16)13-15-8-6-10-17(25-3)18(15)26-4/h5-6,8,10,16H,1,7,9,11-14H2,2-4H3. The highest BCUT2D eigenvalue weighted by Gasteiger charge is 2.26. The summed E-state index contributed by atoms with van der Waals surface area (Å²) < 4.78 is 13.2. The number of piperidine rings is 1. The van der Waals surface area contributed by atoms with E-state index in [1.54, 1.807) is 26.0 Å². The van der Waals surface area contributed by atoms with E-state index in [-0.39, 0.29) is 0 Å². The van der Waals surface area contributed by atoms with Crippen LogP contribution in [0.1, 0.15) is 30.1 Å². The molecule has 0 saturated carbocycles. The van der Waals surface area contributed by atoms with Gasteiger partial charge in [-0.15, -0.1) is 16.8 Å². The summed E-state index contributed by atoms with van der Waals surface area (Å²) in [4.78, 5) is 2.47. The minimum atomic E-state index is 0.394. The average molecular weight is 389 g/mol. The number of rotatable bonds is 8. The molecule has 2 aromatic rings. The van der Waals surface area contributed by atoms with E-state index in [2.05, 4.69) is 39.4 Å². The van der Waals surface area contributed by atoms with Crippen LogP contribution >= 0.6 is 11.8 Å². The first-order chi connectivity index (χ1) is 13.2. The van der Waals surface area contributed by atoms with Crippen molar-refractivity contribution in [2.24, 2.45) is 7.05 Å². The molecule has 0 bridgehead atoms. The quantitative estimate of drug-likeness (QED) is 0.510. The lowest BCUT2D eigenvalue weighted by Gasteiger charge is -2.32. The van der Waals surface area contributed by atoms with Crippen LogP contribution in [0, 0.1) is 0 Å². The molecule has 0 aliphatic carbocycles. The van der Waals surface area contributed by atoms with E-state index in [1.165, 1.54) is 0 Å². The maximum absolute atomic E-state index is 5.59. The highest BCUT2D eigenvalue weighted by Crippen LogP contribution is 2.33. The van der Waals surface area contributed by atoms with Crippen LogP contribution in [-0.4, -0.2) is 52.7 Å². The van der Waals surface area contributed by atoms with Crippen molar-refractivity contribution in [3.05, 3.63) is 42.2 Å². The van der Waals surface area contributed by atoms with Crippen LogP contribution in [0.5, 0.6) is 11.5 Å². The molecular weight excluding hydrogens is 360 g/mol. The van der Waals surface area contributed by atoms with Crippen LogP contribution < -0.4 is 9.47 Å². The highest BCUT2D eigenvalue weighted by molar-refractivity contribution is 7.99. The zero-order valence-corrected chi connectivity index (χ0v) is 17.2. The zero-order chi connectivity index (χ0) is 19.2. The Kier molecular flexibility index (Phi) is 6.79. The molecule has 0 radical (unpaired) electrons. The third kappa shape index (κ3) is 4.47. The molecular formula is C20H28N4O2S. The van der Waals surface area contributed by atoms with Gasteiger partial charge in [0.15, 0.2) is 16.7 Å². The Bertz CT molecular complexity index is 777. The first-order valence-electron chi connectivity index (χ1n) is 9.23. The van der Waals surface area contributed by atoms with E-state index in [1.807, 2.05) is 18.2 Å². The van der Waals surface area contributed by atoms with Crippen molar-refractivity contribution in [1.29, 1.82) is 0 Å². The SMILES string of the molecule is C=CCSc1nnc(C2CCCN(Cc3cccc(OC)c3OC)C2)n1C. The second-order valence-corrected chi connectivity index (χ2v) is 7.71. The van der Waals surface area contributed by atoms with Crippen LogP contribution in [0.4, 0.5) is 0 Å². The summed E-state index contributed by atoms with van der Waals surface area (Å²) in [6.07, 6.45) is 4.19. The van der Waals surface area contributed by atoms with E-state index in [9.17, 15) is 0 Å². The van der Waals surface area contributed by atoms with Gasteiger partial charge < -0.3 is 14.0 Å². The number of hydrogen-bond donors (Lipinski definition) is 0. The van der Waals surface area contributed by atoms with Crippen molar-refractivity contribution in [3.8, 4) is 11.5 Å². The molecule has 1 saturated heterocycles. The van der Waals surface area contributed by atoms with E-state index in [4.69, 9.17) is 9.47 Å². The van der Waals surface area contributed by atoms with Crippen molar-refractivity contribution >= 4 is 11.8 Å². The Labute approximate surface area is 165 Å². The normalized spacial score (nSPS) is 17.7. The highest BCUT2D eigenvalue weighted by atomic mass is 32.2. The zero-order valence-electron chi connectivity index (χ0n) is 16.4. The third-order valence-corrected chi connectivity index (χ3v) is 5.96. The summed E-state index contributed by atoms with van der Waals surface area (Å²) in [6, 6.07) is 6.06. The second kappa shape index (κ2) is 9.28. The summed E-state index contributed by atoms with van der Waals surface area (Å²) in [5, 5.41) is 9.80. The van der Waals surface area contributed by atoms with Gasteiger partial charge in [-0.25, -0.2) is 0 Å². The largest absolute Gasteiger partial charge is 0.493 e. The molecule has 146 valence electrons. The number of para-hydroxylation sites is 1. The minimum Gasteiger partial charge on any atom is -0.493 e. The van der Waals surface area contributed by atoms with Gasteiger partial charge in [0.2, 0.25) is 0 Å². The minimum absolute atomic E-state index is 0.394. The van der Waals surface area contributed by atoms with Gasteiger partial charge >= 0.3 is 0 Å². The van der Waals surface area contributed by atoms with Gasteiger partial charge in [0, 0.05) is 37.4 Å². The predicted molar refractivity (Wildman–Crippen MR) is 109 cm³/mol. The molecule has 27 heavy (non-hydrogen) atoms. The second-order valence-electron chi connectivity index (χ2n) is 6.73. The lowest BCUT2D eigenvalue weighted by Crippen LogP contribution is -2.35. The molecule has 7 heteroatoms. The molecule has 1 fully saturated rings. The number of thioether (sulfide) groups is 1. The predicted octanol–water partition coefficient (Wildman–Crippen LogP) is 3.49. The molecule has 1 aliphatic heterocycles. The first kappa shape index (κ1) is 19.8. The van der Waals surface area contributed by atoms with E-state index >= 15 is 0 Å². The Morgan fingerprint density at radius 2 is 2.15 bits per heavy atom. The molecule has 0 spiro atoms. The number of likely N-dealkylation sites (tertiary alicyclic amines) is 1. The summed E-state index contributed by atoms with van der Waals surface area (Å²) in [7, 11) is 5.43. The van der Waals surface area contributed by atoms with E-state index < -0.39 is 0 Å². The average Bonchev–Trinajstić information content (AvgIpc) is 3.06. The smallest absolute Gasteiger partial charge is 0.191 e. The van der Waals surface area contributed by atoms with Gasteiger partial charge in [-0.2, -0.15) is 0 Å². The van der Waals surface area contributed by atoms with Gasteiger partial charge in [0.05, 0.1) is 14.2 Å². The summed E-state index contributed by atoms with van der Waals surface area (Å²) in [6.45, 7) is 6.66. The van der Waals surface area contributed by atoms with Gasteiger partial charge in [-0.3, -0.25) is 4.90 Å². The Morgan fingerprint density at radius 3 is 2.89 bits per heavy atom. The lowest BCUT2D eigenvalue weighted by molar-refractivity contribution is 0.192. The third-order valence-electron chi connectivity index (χ3n) is 4.95. The molecule has 2 heterocycles. The molecule has 0 N–H and O–H groups in total. The van der Waals surface area contributed by atoms with Crippen LogP contribution in [0.15, 0.2) is 36.0 Å². The van der Waals surface area contributed by atoms with Crippen molar-refractivity contribution in [1.82, 2.24) is 19.7 Å². The van der Waals surface area contributed by atoms with E-state index in [0.717, 1.165) is 66.3 Å². The van der Waals surface area contributed by atoms with Crippen molar-refractivity contribution < 1.29 is 9.47 Å². The topological polar surface area (TPSA) is 52.4 Å². The molecule has 1 unspecified atom stereocenters. The number of methoxy groups -OCH3 is 2. The fourth-order valence-corrected chi connectivity index (χ4v) is 4.32. The molecule has 1 aromatic heterocycles. The van der Waals surface area contributed by atoms with Crippen molar-refractivity contribution in [2.75, 3.05) is 33.1 Å². The number of ether oxygens (including phenoxy) is 2. The maximum Gasteiger partial charge on any atom is 0.191 e. The Balaban J connectivity index is 1.72. The monoisotopic (exact) mass is 388 g/mol. The van der Waals surface area contributed by atoms with Gasteiger partial charge in [-0.1, -0.05) is 30.0 Å². The molecule has 1 atom stereocenters. The molecule has 1 aromatic carbocycles. The molecule has 6 nitrogen and oxygen atoms in total. The fourth-order valence-electron chi connectivity index (χ4n) is 3.67. The van der Waals surface area contributed by atoms with E-state index in [0.29, 0.717) is 5.92 Å². The van der Waals surface area contributed by atoms with Gasteiger partial charge in [-0.05, 0) is 25.5 Å². The number of aromatic nitrogens is 3. The van der Waals surface area contributed by atoms with Crippen LogP contribution in [-0.2, 0) is 13.6 Å². The Morgan fingerprint density at radius 1 is 1.30 bits per heavy atom. The summed E-state index contributed by atoms with van der Waals surface area (Å²) in [5.74, 6) is 3.91. The summed E-state index contributed by atoms with van der Waals surface area (Å²) in [5.41, 5.74) is 1.15. The summed E-state index contributed by atoms with van der Waals surface area (Å²) >= 11 is 1.67. The van der Waals surface area contributed by atoms with Crippen molar-refractivity contribution in [3.63, 3.8) is 0 Å². The maximum atomic E-state index is 5.59. The first-order valence-corrected chi connectivity index (χ1v) is 10.2. The number of nitrogens with zero attached hydrogens (tertiary/aromatic N) is 4. The number of benzene rings is 1. The van der Waals surface area contributed by atoms with Crippen LogP contribution in [0.25, 0.3) is 0 Å². The lowest BCUT2D eigenvalue weighted by atomic mass is 9.96. The molecule has 3 rings (SSSR count).